The second-order valence-corrected chi connectivity index (χ2v) is 12.8. The van der Waals surface area contributed by atoms with Crippen LogP contribution in [0.2, 0.25) is 0 Å². The van der Waals surface area contributed by atoms with Gasteiger partial charge in [-0.3, -0.25) is 19.1 Å². The van der Waals surface area contributed by atoms with Crippen LogP contribution in [-0.2, 0) is 11.0 Å². The van der Waals surface area contributed by atoms with Crippen LogP contribution in [0.5, 0.6) is 11.5 Å². The number of carbonyl (C=O) groups excluding carboxylic acids is 1. The van der Waals surface area contributed by atoms with Crippen LogP contribution in [-0.4, -0.2) is 53.2 Å². The molecule has 1 fully saturated rings. The van der Waals surface area contributed by atoms with E-state index in [9.17, 15) is 28.0 Å². The Balaban J connectivity index is 1.29. The fraction of sp³-hybridized carbons (Fsp3) is 0.184. The summed E-state index contributed by atoms with van der Waals surface area (Å²) in [4.78, 5) is 31.9. The van der Waals surface area contributed by atoms with Crippen molar-refractivity contribution in [3.63, 3.8) is 0 Å². The van der Waals surface area contributed by atoms with Crippen molar-refractivity contribution in [3.05, 3.63) is 145 Å². The third kappa shape index (κ3) is 6.41. The van der Waals surface area contributed by atoms with E-state index in [1.165, 1.54) is 23.1 Å². The number of hydrogen-bond acceptors (Lipinski definition) is 7. The van der Waals surface area contributed by atoms with E-state index in [1.54, 1.807) is 18.2 Å². The number of nitrogens with zero attached hydrogens (tertiary/aromatic N) is 4. The molecule has 0 aliphatic carbocycles. The van der Waals surface area contributed by atoms with E-state index in [2.05, 4.69) is 29.2 Å². The Hall–Kier alpha value is -5.64. The number of hydrogen-bond donors (Lipinski definition) is 0. The van der Waals surface area contributed by atoms with Gasteiger partial charge in [-0.2, -0.15) is 18.4 Å². The molecule has 1 aromatic heterocycles. The molecule has 50 heavy (non-hydrogen) atoms. The fourth-order valence-electron chi connectivity index (χ4n) is 6.34. The highest BCUT2D eigenvalue weighted by Crippen LogP contribution is 2.34. The average molecular weight is 695 g/mol. The van der Waals surface area contributed by atoms with Gasteiger partial charge in [0.05, 0.1) is 21.8 Å². The molecule has 0 saturated carbocycles. The lowest BCUT2D eigenvalue weighted by molar-refractivity contribution is -0.137. The van der Waals surface area contributed by atoms with Crippen molar-refractivity contribution in [1.82, 2.24) is 14.4 Å². The molecule has 2 aliphatic rings. The summed E-state index contributed by atoms with van der Waals surface area (Å²) < 4.78 is 54.3. The quantitative estimate of drug-likeness (QED) is 0.247. The first-order chi connectivity index (χ1) is 24.2. The fourth-order valence-corrected chi connectivity index (χ4v) is 7.43. The molecule has 3 heterocycles. The van der Waals surface area contributed by atoms with Crippen molar-refractivity contribution in [1.29, 1.82) is 5.26 Å². The Kier molecular flexibility index (Phi) is 9.01. The Morgan fingerprint density at radius 3 is 2.10 bits per heavy atom. The number of carbonyl (C=O) groups is 1. The van der Waals surface area contributed by atoms with E-state index in [-0.39, 0.29) is 35.1 Å². The number of aromatic nitrogens is 1. The van der Waals surface area contributed by atoms with Crippen molar-refractivity contribution in [2.45, 2.75) is 12.2 Å². The monoisotopic (exact) mass is 694 g/mol. The highest BCUT2D eigenvalue weighted by molar-refractivity contribution is 7.07. The first kappa shape index (κ1) is 32.9. The summed E-state index contributed by atoms with van der Waals surface area (Å²) in [6.45, 7) is 1.54. The van der Waals surface area contributed by atoms with Gasteiger partial charge in [0.2, 0.25) is 6.79 Å². The van der Waals surface area contributed by atoms with Crippen LogP contribution in [0.1, 0.15) is 28.3 Å². The van der Waals surface area contributed by atoms with Gasteiger partial charge in [-0.05, 0) is 47.0 Å². The molecule has 0 atom stereocenters. The first-order valence-corrected chi connectivity index (χ1v) is 16.6. The van der Waals surface area contributed by atoms with E-state index in [1.807, 2.05) is 42.5 Å². The van der Waals surface area contributed by atoms with E-state index in [4.69, 9.17) is 9.47 Å². The van der Waals surface area contributed by atoms with Gasteiger partial charge in [0.25, 0.3) is 11.5 Å². The van der Waals surface area contributed by atoms with Crippen molar-refractivity contribution >= 4 is 28.9 Å². The van der Waals surface area contributed by atoms with E-state index in [0.29, 0.717) is 30.2 Å². The molecule has 5 aromatic rings. The van der Waals surface area contributed by atoms with Crippen LogP contribution in [0.15, 0.2) is 108 Å². The number of nitriles is 1. The Morgan fingerprint density at radius 2 is 1.46 bits per heavy atom. The number of fused-ring (bicyclic) bond motifs is 1. The maximum Gasteiger partial charge on any atom is 0.418 e. The second kappa shape index (κ2) is 13.7. The van der Waals surface area contributed by atoms with Crippen LogP contribution in [0.4, 0.5) is 13.2 Å². The van der Waals surface area contributed by atoms with Gasteiger partial charge in [0, 0.05) is 26.2 Å². The van der Waals surface area contributed by atoms with Gasteiger partial charge in [0.15, 0.2) is 17.1 Å². The Morgan fingerprint density at radius 1 is 0.840 bits per heavy atom. The molecule has 0 radical (unpaired) electrons. The van der Waals surface area contributed by atoms with Crippen LogP contribution in [0.3, 0.4) is 0 Å². The highest BCUT2D eigenvalue weighted by Gasteiger charge is 2.35. The molecular formula is C38H29F3N4O4S. The summed E-state index contributed by atoms with van der Waals surface area (Å²) in [7, 11) is 0. The number of benzene rings is 4. The molecule has 0 N–H and O–H groups in total. The number of piperazine rings is 1. The standard InChI is InChI=1S/C38H29F3N4O4S/c39-38(40,41)29-13-7-8-14-30(29)45-36(47)33(22-25-15-16-31-32(21-25)49-24-48-31)50-37(45)28(23-42)35(46)44-19-17-43(18-20-44)34(26-9-3-1-4-10-26)27-11-5-2-6-12-27/h1-16,21-22,34H,17-20,24H2/b33-22+,37-28-. The molecule has 0 unspecified atom stereocenters. The molecule has 252 valence electrons. The third-order valence-electron chi connectivity index (χ3n) is 8.71. The van der Waals surface area contributed by atoms with E-state index in [0.717, 1.165) is 39.2 Å². The zero-order valence-electron chi connectivity index (χ0n) is 26.5. The number of para-hydroxylation sites is 1. The van der Waals surface area contributed by atoms with Crippen LogP contribution in [0.25, 0.3) is 17.3 Å². The second-order valence-electron chi connectivity index (χ2n) is 11.7. The van der Waals surface area contributed by atoms with Gasteiger partial charge in [0.1, 0.15) is 10.7 Å². The van der Waals surface area contributed by atoms with Gasteiger partial charge in [-0.15, -0.1) is 11.3 Å². The molecule has 1 saturated heterocycles. The van der Waals surface area contributed by atoms with Crippen LogP contribution in [0, 0.1) is 11.3 Å². The topological polar surface area (TPSA) is 87.8 Å². The summed E-state index contributed by atoms with van der Waals surface area (Å²) in [5.41, 5.74) is -0.0195. The maximum atomic E-state index is 14.3. The lowest BCUT2D eigenvalue weighted by atomic mass is 9.96. The molecule has 12 heteroatoms. The molecule has 1 amide bonds. The van der Waals surface area contributed by atoms with E-state index >= 15 is 0 Å². The molecule has 0 spiro atoms. The van der Waals surface area contributed by atoms with Gasteiger partial charge in [-0.1, -0.05) is 78.9 Å². The summed E-state index contributed by atoms with van der Waals surface area (Å²) in [6, 6.07) is 31.6. The maximum absolute atomic E-state index is 14.3. The Labute approximate surface area is 288 Å². The van der Waals surface area contributed by atoms with E-state index < -0.39 is 34.5 Å². The lowest BCUT2D eigenvalue weighted by Gasteiger charge is -2.39. The predicted octanol–water partition coefficient (Wildman–Crippen LogP) is 5.08. The zero-order valence-corrected chi connectivity index (χ0v) is 27.3. The number of halogens is 3. The van der Waals surface area contributed by atoms with Gasteiger partial charge < -0.3 is 14.4 Å². The smallest absolute Gasteiger partial charge is 0.418 e. The van der Waals surface area contributed by atoms with Crippen molar-refractivity contribution < 1.29 is 27.4 Å². The number of amides is 1. The molecular weight excluding hydrogens is 666 g/mol. The summed E-state index contributed by atoms with van der Waals surface area (Å²) in [6.07, 6.45) is -3.31. The predicted molar refractivity (Wildman–Crippen MR) is 182 cm³/mol. The minimum Gasteiger partial charge on any atom is -0.454 e. The summed E-state index contributed by atoms with van der Waals surface area (Å²) in [5, 5.41) is 10.4. The SMILES string of the molecule is N#C/C(C(=O)N1CCN(C(c2ccccc2)c2ccccc2)CC1)=c1/s/c(=C/c2ccc3c(c2)OCO3)c(=O)n1-c1ccccc1C(F)(F)F. The van der Waals surface area contributed by atoms with Crippen LogP contribution < -0.4 is 24.2 Å². The average Bonchev–Trinajstić information content (AvgIpc) is 3.73. The van der Waals surface area contributed by atoms with Crippen LogP contribution >= 0.6 is 11.3 Å². The highest BCUT2D eigenvalue weighted by atomic mass is 32.1. The molecule has 8 nitrogen and oxygen atoms in total. The minimum absolute atomic E-state index is 0.0368. The minimum atomic E-state index is -4.81. The van der Waals surface area contributed by atoms with Gasteiger partial charge in [-0.25, -0.2) is 0 Å². The van der Waals surface area contributed by atoms with Gasteiger partial charge >= 0.3 is 6.18 Å². The molecule has 7 rings (SSSR count). The third-order valence-corrected chi connectivity index (χ3v) is 9.80. The van der Waals surface area contributed by atoms with Crippen molar-refractivity contribution in [2.75, 3.05) is 33.0 Å². The number of rotatable bonds is 6. The summed E-state index contributed by atoms with van der Waals surface area (Å²) in [5.74, 6) is 0.325. The van der Waals surface area contributed by atoms with Crippen molar-refractivity contribution in [2.24, 2.45) is 0 Å². The zero-order chi connectivity index (χ0) is 34.8. The number of thiazole rings is 1. The lowest BCUT2D eigenvalue weighted by Crippen LogP contribution is -2.50. The molecule has 4 aromatic carbocycles. The molecule has 2 aliphatic heterocycles. The Bertz CT molecular complexity index is 2230. The normalized spacial score (nSPS) is 15.7. The van der Waals surface area contributed by atoms with Crippen molar-refractivity contribution in [3.8, 4) is 23.3 Å². The first-order valence-electron chi connectivity index (χ1n) is 15.8. The summed E-state index contributed by atoms with van der Waals surface area (Å²) >= 11 is 0.791. The number of ether oxygens (including phenoxy) is 2. The largest absolute Gasteiger partial charge is 0.454 e. The number of alkyl halides is 3. The molecule has 0 bridgehead atoms.